The topological polar surface area (TPSA) is 100 Å². The van der Waals surface area contributed by atoms with Gasteiger partial charge in [0.15, 0.2) is 5.69 Å². The van der Waals surface area contributed by atoms with E-state index in [-0.39, 0.29) is 42.7 Å². The number of alkyl halides is 6. The molecule has 1 aliphatic rings. The zero-order chi connectivity index (χ0) is 29.1. The summed E-state index contributed by atoms with van der Waals surface area (Å²) in [6.45, 7) is 1.14. The summed E-state index contributed by atoms with van der Waals surface area (Å²) in [5.74, 6) is -0.853. The molecule has 0 unspecified atom stereocenters. The Labute approximate surface area is 229 Å². The third-order valence-electron chi connectivity index (χ3n) is 6.23. The number of rotatable bonds is 7. The molecule has 2 N–H and O–H groups in total. The predicted molar refractivity (Wildman–Crippen MR) is 134 cm³/mol. The van der Waals surface area contributed by atoms with Crippen molar-refractivity contribution < 1.29 is 35.9 Å². The number of piperidine rings is 1. The molecular formula is C25H24F6N6O2S. The fourth-order valence-electron chi connectivity index (χ4n) is 4.24. The van der Waals surface area contributed by atoms with Crippen LogP contribution in [0.5, 0.6) is 0 Å². The molecule has 40 heavy (non-hydrogen) atoms. The Morgan fingerprint density at radius 1 is 1.00 bits per heavy atom. The van der Waals surface area contributed by atoms with Gasteiger partial charge in [-0.15, -0.1) is 0 Å². The van der Waals surface area contributed by atoms with Crippen molar-refractivity contribution in [2.45, 2.75) is 44.6 Å². The largest absolute Gasteiger partial charge is 0.434 e. The van der Waals surface area contributed by atoms with Crippen molar-refractivity contribution in [1.82, 2.24) is 24.6 Å². The lowest BCUT2D eigenvalue weighted by molar-refractivity contribution is -0.148. The molecule has 15 heteroatoms. The Morgan fingerprint density at radius 2 is 1.68 bits per heavy atom. The van der Waals surface area contributed by atoms with Crippen molar-refractivity contribution in [1.29, 1.82) is 0 Å². The lowest BCUT2D eigenvalue weighted by atomic mass is 10.0. The number of carbonyl (C=O) groups excluding carboxylic acids is 2. The fraction of sp³-hybridized carbons (Fsp3) is 0.400. The first kappa shape index (κ1) is 29.4. The van der Waals surface area contributed by atoms with Gasteiger partial charge in [0.25, 0.3) is 11.8 Å². The fourth-order valence-corrected chi connectivity index (χ4v) is 5.12. The Kier molecular flexibility index (Phi) is 8.73. The molecule has 2 aromatic heterocycles. The highest BCUT2D eigenvalue weighted by atomic mass is 32.1. The number of hydrogen-bond acceptors (Lipinski definition) is 7. The molecule has 0 aliphatic carbocycles. The van der Waals surface area contributed by atoms with Crippen molar-refractivity contribution in [3.8, 4) is 0 Å². The van der Waals surface area contributed by atoms with Crippen LogP contribution in [0.1, 0.15) is 55.5 Å². The second-order valence-corrected chi connectivity index (χ2v) is 10.2. The lowest BCUT2D eigenvalue weighted by Crippen LogP contribution is -2.47. The van der Waals surface area contributed by atoms with Crippen LogP contribution in [0.25, 0.3) is 0 Å². The summed E-state index contributed by atoms with van der Waals surface area (Å²) in [5, 5.41) is 5.56. The minimum absolute atomic E-state index is 0.0631. The number of amides is 2. The molecular weight excluding hydrogens is 562 g/mol. The van der Waals surface area contributed by atoms with Crippen molar-refractivity contribution in [2.24, 2.45) is 0 Å². The van der Waals surface area contributed by atoms with Crippen LogP contribution in [0, 0.1) is 6.92 Å². The van der Waals surface area contributed by atoms with E-state index in [1.54, 1.807) is 6.92 Å². The lowest BCUT2D eigenvalue weighted by Gasteiger charge is -2.32. The molecule has 214 valence electrons. The smallest absolute Gasteiger partial charge is 0.349 e. The van der Waals surface area contributed by atoms with E-state index in [9.17, 15) is 35.9 Å². The average molecular weight is 587 g/mol. The molecule has 0 atom stereocenters. The molecule has 1 saturated heterocycles. The number of nitrogens with zero attached hydrogens (tertiary/aromatic N) is 4. The van der Waals surface area contributed by atoms with Crippen LogP contribution in [-0.2, 0) is 12.6 Å². The maximum Gasteiger partial charge on any atom is 0.434 e. The van der Waals surface area contributed by atoms with E-state index >= 15 is 0 Å². The number of hydrogen-bond donors (Lipinski definition) is 2. The maximum absolute atomic E-state index is 13.0. The number of halogens is 6. The molecule has 1 aromatic carbocycles. The monoisotopic (exact) mass is 586 g/mol. The molecule has 3 aromatic rings. The van der Waals surface area contributed by atoms with Crippen molar-refractivity contribution in [3.05, 3.63) is 69.7 Å². The predicted octanol–water partition coefficient (Wildman–Crippen LogP) is 4.86. The summed E-state index contributed by atoms with van der Waals surface area (Å²) in [6, 6.07) is 5.87. The molecule has 1 aliphatic heterocycles. The number of anilines is 1. The van der Waals surface area contributed by atoms with E-state index in [0.717, 1.165) is 17.7 Å². The van der Waals surface area contributed by atoms with E-state index in [1.807, 2.05) is 0 Å². The van der Waals surface area contributed by atoms with Crippen LogP contribution in [0.15, 0.2) is 36.7 Å². The van der Waals surface area contributed by atoms with E-state index in [1.165, 1.54) is 29.2 Å². The first-order valence-corrected chi connectivity index (χ1v) is 12.9. The zero-order valence-electron chi connectivity index (χ0n) is 21.1. The molecule has 8 nitrogen and oxygen atoms in total. The summed E-state index contributed by atoms with van der Waals surface area (Å²) in [7, 11) is 0. The number of aryl methyl sites for hydroxylation is 1. The van der Waals surface area contributed by atoms with Crippen LogP contribution in [0.4, 0.5) is 32.0 Å². The van der Waals surface area contributed by atoms with E-state index in [4.69, 9.17) is 0 Å². The summed E-state index contributed by atoms with van der Waals surface area (Å²) >= 11 is 1.03. The Balaban J connectivity index is 1.33. The Bertz CT molecular complexity index is 1330. The van der Waals surface area contributed by atoms with Gasteiger partial charge in [0, 0.05) is 47.9 Å². The van der Waals surface area contributed by atoms with Gasteiger partial charge in [0.05, 0.1) is 29.7 Å². The van der Waals surface area contributed by atoms with Crippen LogP contribution < -0.4 is 10.6 Å². The van der Waals surface area contributed by atoms with Gasteiger partial charge in [-0.25, -0.2) is 4.98 Å². The third kappa shape index (κ3) is 7.75. The third-order valence-corrected chi connectivity index (χ3v) is 7.16. The number of carbonyl (C=O) groups is 2. The minimum atomic E-state index is -4.61. The number of likely N-dealkylation sites (tertiary alicyclic amines) is 1. The van der Waals surface area contributed by atoms with E-state index in [0.29, 0.717) is 40.9 Å². The first-order valence-electron chi connectivity index (χ1n) is 12.1. The van der Waals surface area contributed by atoms with Gasteiger partial charge in [-0.3, -0.25) is 19.5 Å². The molecule has 0 bridgehead atoms. The SMILES string of the molecule is Cc1nsc(Cc2cnc(C(F)(F)F)cn2)c1C(=O)Nc1ccc(C(=O)NC2CCN(CC(F)(F)F)CC2)cc1. The second-order valence-electron chi connectivity index (χ2n) is 9.30. The van der Waals surface area contributed by atoms with Crippen LogP contribution >= 0.6 is 11.5 Å². The average Bonchev–Trinajstić information content (AvgIpc) is 3.24. The standard InChI is InChI=1S/C25H24F6N6O2S/c1-14-21(19(40-36-14)10-18-11-33-20(12-32-18)25(29,30)31)23(39)35-16-4-2-15(3-5-16)22(38)34-17-6-8-37(9-7-17)13-24(26,27)28/h2-5,11-12,17H,6-10,13H2,1H3,(H,34,38)(H,35,39). The maximum atomic E-state index is 13.0. The van der Waals surface area contributed by atoms with Gasteiger partial charge >= 0.3 is 12.4 Å². The highest BCUT2D eigenvalue weighted by molar-refractivity contribution is 7.06. The van der Waals surface area contributed by atoms with Crippen molar-refractivity contribution >= 4 is 29.0 Å². The van der Waals surface area contributed by atoms with Gasteiger partial charge in [0.2, 0.25) is 0 Å². The molecule has 1 fully saturated rings. The van der Waals surface area contributed by atoms with Gasteiger partial charge in [-0.05, 0) is 55.6 Å². The summed E-state index contributed by atoms with van der Waals surface area (Å²) in [5.41, 5.74) is 0.559. The molecule has 2 amide bonds. The second kappa shape index (κ2) is 11.9. The molecule has 0 radical (unpaired) electrons. The minimum Gasteiger partial charge on any atom is -0.349 e. The first-order chi connectivity index (χ1) is 18.8. The van der Waals surface area contributed by atoms with Gasteiger partial charge < -0.3 is 10.6 Å². The molecule has 3 heterocycles. The van der Waals surface area contributed by atoms with Crippen molar-refractivity contribution in [3.63, 3.8) is 0 Å². The molecule has 0 spiro atoms. The summed E-state index contributed by atoms with van der Waals surface area (Å²) < 4.78 is 80.1. The molecule has 4 rings (SSSR count). The normalized spacial score (nSPS) is 15.2. The number of aromatic nitrogens is 3. The van der Waals surface area contributed by atoms with E-state index < -0.39 is 30.5 Å². The van der Waals surface area contributed by atoms with Crippen LogP contribution in [-0.4, -0.2) is 62.9 Å². The van der Waals surface area contributed by atoms with Crippen LogP contribution in [0.3, 0.4) is 0 Å². The summed E-state index contributed by atoms with van der Waals surface area (Å²) in [6.07, 6.45) is -6.34. The Morgan fingerprint density at radius 3 is 2.25 bits per heavy atom. The van der Waals surface area contributed by atoms with Gasteiger partial charge in [-0.2, -0.15) is 30.7 Å². The van der Waals surface area contributed by atoms with Crippen LogP contribution in [0.2, 0.25) is 0 Å². The number of nitrogens with one attached hydrogen (secondary N) is 2. The highest BCUT2D eigenvalue weighted by Crippen LogP contribution is 2.28. The van der Waals surface area contributed by atoms with Gasteiger partial charge in [0.1, 0.15) is 0 Å². The van der Waals surface area contributed by atoms with E-state index in [2.05, 4.69) is 25.0 Å². The Hall–Kier alpha value is -3.59. The summed E-state index contributed by atoms with van der Waals surface area (Å²) in [4.78, 5) is 34.6. The quantitative estimate of drug-likeness (QED) is 0.384. The number of benzene rings is 1. The van der Waals surface area contributed by atoms with Crippen molar-refractivity contribution in [2.75, 3.05) is 25.0 Å². The molecule has 0 saturated carbocycles. The van der Waals surface area contributed by atoms with Gasteiger partial charge in [-0.1, -0.05) is 0 Å². The zero-order valence-corrected chi connectivity index (χ0v) is 21.9. The highest BCUT2D eigenvalue weighted by Gasteiger charge is 2.34.